The summed E-state index contributed by atoms with van der Waals surface area (Å²) in [5.74, 6) is 0.488. The number of anilines is 1. The number of aryl methyl sites for hydroxylation is 1. The number of hydrogen-bond acceptors (Lipinski definition) is 3. The Labute approximate surface area is 113 Å². The molecule has 0 spiro atoms. The van der Waals surface area contributed by atoms with Gasteiger partial charge in [-0.2, -0.15) is 0 Å². The van der Waals surface area contributed by atoms with Crippen molar-refractivity contribution in [2.24, 2.45) is 5.92 Å². The smallest absolute Gasteiger partial charge is 0.414 e. The summed E-state index contributed by atoms with van der Waals surface area (Å²) in [6.07, 6.45) is 2.13. The molecule has 1 N–H and O–H groups in total. The van der Waals surface area contributed by atoms with Crippen molar-refractivity contribution in [3.05, 3.63) is 29.8 Å². The lowest BCUT2D eigenvalue weighted by molar-refractivity contribution is 0.174. The molecular weight excluding hydrogens is 240 g/mol. The van der Waals surface area contributed by atoms with E-state index in [1.165, 1.54) is 12.0 Å². The molecule has 1 aromatic carbocycles. The van der Waals surface area contributed by atoms with Gasteiger partial charge in [0.1, 0.15) is 6.61 Å². The highest BCUT2D eigenvalue weighted by molar-refractivity contribution is 5.90. The summed E-state index contributed by atoms with van der Waals surface area (Å²) in [5.41, 5.74) is 2.15. The van der Waals surface area contributed by atoms with Gasteiger partial charge in [-0.3, -0.25) is 4.90 Å². The molecule has 0 aliphatic carbocycles. The summed E-state index contributed by atoms with van der Waals surface area (Å²) in [7, 11) is 0. The maximum Gasteiger partial charge on any atom is 0.414 e. The Balaban J connectivity index is 1.83. The van der Waals surface area contributed by atoms with E-state index in [1.54, 1.807) is 0 Å². The van der Waals surface area contributed by atoms with Gasteiger partial charge in [-0.05, 0) is 44.4 Å². The lowest BCUT2D eigenvalue weighted by atomic mass is 9.91. The van der Waals surface area contributed by atoms with E-state index >= 15 is 0 Å². The van der Waals surface area contributed by atoms with Crippen LogP contribution in [-0.2, 0) is 4.74 Å². The molecular formula is C15H20N2O2. The van der Waals surface area contributed by atoms with E-state index < -0.39 is 0 Å². The van der Waals surface area contributed by atoms with Gasteiger partial charge in [0.2, 0.25) is 0 Å². The molecule has 2 fully saturated rings. The van der Waals surface area contributed by atoms with Crippen LogP contribution in [0.1, 0.15) is 18.4 Å². The minimum Gasteiger partial charge on any atom is -0.447 e. The van der Waals surface area contributed by atoms with E-state index in [-0.39, 0.29) is 12.1 Å². The predicted octanol–water partition coefficient (Wildman–Crippen LogP) is 2.32. The lowest BCUT2D eigenvalue weighted by Crippen LogP contribution is -2.45. The van der Waals surface area contributed by atoms with Crippen molar-refractivity contribution >= 4 is 11.8 Å². The molecule has 102 valence electrons. The first kappa shape index (κ1) is 12.5. The van der Waals surface area contributed by atoms with Crippen molar-refractivity contribution in [1.29, 1.82) is 0 Å². The lowest BCUT2D eigenvalue weighted by Gasteiger charge is -2.32. The topological polar surface area (TPSA) is 41.6 Å². The van der Waals surface area contributed by atoms with Crippen LogP contribution in [0.3, 0.4) is 0 Å². The number of hydrogen-bond donors (Lipinski definition) is 1. The fourth-order valence-electron chi connectivity index (χ4n) is 2.99. The second-order valence-corrected chi connectivity index (χ2v) is 5.46. The second-order valence-electron chi connectivity index (χ2n) is 5.46. The van der Waals surface area contributed by atoms with Gasteiger partial charge in [0, 0.05) is 12.2 Å². The molecule has 4 nitrogen and oxygen atoms in total. The average Bonchev–Trinajstić information content (AvgIpc) is 2.83. The van der Waals surface area contributed by atoms with Crippen LogP contribution in [0, 0.1) is 12.8 Å². The Bertz CT molecular complexity index is 452. The van der Waals surface area contributed by atoms with E-state index in [9.17, 15) is 4.79 Å². The van der Waals surface area contributed by atoms with Crippen LogP contribution in [0.2, 0.25) is 0 Å². The first-order valence-electron chi connectivity index (χ1n) is 6.99. The highest BCUT2D eigenvalue weighted by atomic mass is 16.6. The van der Waals surface area contributed by atoms with Crippen molar-refractivity contribution in [2.45, 2.75) is 25.8 Å². The maximum atomic E-state index is 12.0. The number of ether oxygens (including phenoxy) is 1. The van der Waals surface area contributed by atoms with Crippen LogP contribution in [0.15, 0.2) is 24.3 Å². The van der Waals surface area contributed by atoms with Gasteiger partial charge in [-0.25, -0.2) is 4.79 Å². The minimum atomic E-state index is -0.209. The predicted molar refractivity (Wildman–Crippen MR) is 74.4 cm³/mol. The third-order valence-corrected chi connectivity index (χ3v) is 4.10. The summed E-state index contributed by atoms with van der Waals surface area (Å²) >= 11 is 0. The van der Waals surface area contributed by atoms with Crippen LogP contribution in [0.4, 0.5) is 10.5 Å². The summed E-state index contributed by atoms with van der Waals surface area (Å²) in [6.45, 7) is 4.62. The molecule has 19 heavy (non-hydrogen) atoms. The van der Waals surface area contributed by atoms with Crippen molar-refractivity contribution in [3.8, 4) is 0 Å². The maximum absolute atomic E-state index is 12.0. The molecule has 2 aliphatic heterocycles. The molecule has 2 atom stereocenters. The molecule has 3 rings (SSSR count). The summed E-state index contributed by atoms with van der Waals surface area (Å²) in [5, 5.41) is 3.41. The number of benzene rings is 1. The van der Waals surface area contributed by atoms with Crippen LogP contribution >= 0.6 is 0 Å². The van der Waals surface area contributed by atoms with Gasteiger partial charge in [-0.15, -0.1) is 0 Å². The molecule has 2 heterocycles. The number of nitrogens with one attached hydrogen (secondary N) is 1. The fraction of sp³-hybridized carbons (Fsp3) is 0.533. The molecule has 2 unspecified atom stereocenters. The standard InChI is InChI=1S/C15H20N2O2/c1-11-4-6-13(7-5-11)17-14(10-19-15(17)18)12-3-2-8-16-9-12/h4-7,12,14,16H,2-3,8-10H2,1H3. The van der Waals surface area contributed by atoms with Gasteiger partial charge >= 0.3 is 6.09 Å². The molecule has 0 saturated carbocycles. The fourth-order valence-corrected chi connectivity index (χ4v) is 2.99. The van der Waals surface area contributed by atoms with Gasteiger partial charge in [0.25, 0.3) is 0 Å². The number of carbonyl (C=O) groups is 1. The highest BCUT2D eigenvalue weighted by Crippen LogP contribution is 2.30. The average molecular weight is 260 g/mol. The van der Waals surface area contributed by atoms with Crippen LogP contribution < -0.4 is 10.2 Å². The van der Waals surface area contributed by atoms with Crippen LogP contribution in [-0.4, -0.2) is 31.8 Å². The minimum absolute atomic E-state index is 0.169. The van der Waals surface area contributed by atoms with Gasteiger partial charge < -0.3 is 10.1 Å². The SMILES string of the molecule is Cc1ccc(N2C(=O)OCC2C2CCCNC2)cc1. The van der Waals surface area contributed by atoms with E-state index in [4.69, 9.17) is 4.74 Å². The molecule has 1 aromatic rings. The third kappa shape index (κ3) is 2.45. The van der Waals surface area contributed by atoms with Crippen molar-refractivity contribution in [3.63, 3.8) is 0 Å². The largest absolute Gasteiger partial charge is 0.447 e. The number of carbonyl (C=O) groups excluding carboxylic acids is 1. The van der Waals surface area contributed by atoms with Crippen molar-refractivity contribution < 1.29 is 9.53 Å². The first-order chi connectivity index (χ1) is 9.25. The van der Waals surface area contributed by atoms with Crippen LogP contribution in [0.5, 0.6) is 0 Å². The summed E-state index contributed by atoms with van der Waals surface area (Å²) in [4.78, 5) is 13.8. The van der Waals surface area contributed by atoms with Crippen LogP contribution in [0.25, 0.3) is 0 Å². The number of amides is 1. The Kier molecular flexibility index (Phi) is 3.42. The van der Waals surface area contributed by atoms with Gasteiger partial charge in [0.15, 0.2) is 0 Å². The Morgan fingerprint density at radius 1 is 1.32 bits per heavy atom. The molecule has 1 amide bonds. The van der Waals surface area contributed by atoms with Crippen molar-refractivity contribution in [1.82, 2.24) is 5.32 Å². The Hall–Kier alpha value is -1.55. The summed E-state index contributed by atoms with van der Waals surface area (Å²) in [6, 6.07) is 8.26. The zero-order chi connectivity index (χ0) is 13.2. The van der Waals surface area contributed by atoms with E-state index in [0.717, 1.165) is 25.2 Å². The number of nitrogens with zero attached hydrogens (tertiary/aromatic N) is 1. The van der Waals surface area contributed by atoms with Crippen molar-refractivity contribution in [2.75, 3.05) is 24.6 Å². The Morgan fingerprint density at radius 2 is 2.11 bits per heavy atom. The van der Waals surface area contributed by atoms with E-state index in [2.05, 4.69) is 12.2 Å². The monoisotopic (exact) mass is 260 g/mol. The normalized spacial score (nSPS) is 27.4. The third-order valence-electron chi connectivity index (χ3n) is 4.10. The van der Waals surface area contributed by atoms with Gasteiger partial charge in [0.05, 0.1) is 6.04 Å². The molecule has 2 aliphatic rings. The summed E-state index contributed by atoms with van der Waals surface area (Å²) < 4.78 is 5.28. The first-order valence-corrected chi connectivity index (χ1v) is 6.99. The molecule has 0 aromatic heterocycles. The molecule has 4 heteroatoms. The van der Waals surface area contributed by atoms with E-state index in [1.807, 2.05) is 29.2 Å². The quantitative estimate of drug-likeness (QED) is 0.887. The highest BCUT2D eigenvalue weighted by Gasteiger charge is 2.39. The molecule has 2 saturated heterocycles. The second kappa shape index (κ2) is 5.21. The van der Waals surface area contributed by atoms with E-state index in [0.29, 0.717) is 12.5 Å². The van der Waals surface area contributed by atoms with Gasteiger partial charge in [-0.1, -0.05) is 17.7 Å². The zero-order valence-electron chi connectivity index (χ0n) is 11.3. The molecule has 0 radical (unpaired) electrons. The number of piperidine rings is 1. The Morgan fingerprint density at radius 3 is 2.79 bits per heavy atom. The number of cyclic esters (lactones) is 1. The molecule has 0 bridgehead atoms. The number of rotatable bonds is 2. The zero-order valence-corrected chi connectivity index (χ0v) is 11.3.